The molecule has 0 bridgehead atoms. The third kappa shape index (κ3) is 2.79. The number of hydrogen-bond acceptors (Lipinski definition) is 4. The van der Waals surface area contributed by atoms with Gasteiger partial charge in [0.25, 0.3) is 0 Å². The van der Waals surface area contributed by atoms with Gasteiger partial charge in [-0.15, -0.1) is 0 Å². The Kier molecular flexibility index (Phi) is 3.65. The SMILES string of the molecule is CC1(C)CN(c2ncc3ccccc3n2)CC(CBr)O1. The van der Waals surface area contributed by atoms with Crippen LogP contribution in [0.1, 0.15) is 13.8 Å². The number of benzene rings is 1. The highest BCUT2D eigenvalue weighted by Crippen LogP contribution is 2.25. The Morgan fingerprint density at radius 3 is 3.00 bits per heavy atom. The summed E-state index contributed by atoms with van der Waals surface area (Å²) in [6.45, 7) is 5.83. The van der Waals surface area contributed by atoms with Crippen LogP contribution in [0.3, 0.4) is 0 Å². The van der Waals surface area contributed by atoms with Gasteiger partial charge in [0.2, 0.25) is 5.95 Å². The second kappa shape index (κ2) is 5.30. The van der Waals surface area contributed by atoms with E-state index in [0.717, 1.165) is 35.3 Å². The molecular formula is C15H18BrN3O. The summed E-state index contributed by atoms with van der Waals surface area (Å²) in [4.78, 5) is 11.4. The molecule has 0 spiro atoms. The van der Waals surface area contributed by atoms with E-state index in [4.69, 9.17) is 4.74 Å². The lowest BCUT2D eigenvalue weighted by Gasteiger charge is -2.42. The predicted molar refractivity (Wildman–Crippen MR) is 84.5 cm³/mol. The molecule has 2 heterocycles. The number of rotatable bonds is 2. The maximum atomic E-state index is 6.02. The van der Waals surface area contributed by atoms with Gasteiger partial charge in [0.15, 0.2) is 0 Å². The second-order valence-corrected chi connectivity index (χ2v) is 6.41. The minimum absolute atomic E-state index is 0.161. The maximum absolute atomic E-state index is 6.02. The molecule has 0 N–H and O–H groups in total. The molecule has 0 radical (unpaired) electrons. The molecule has 3 rings (SSSR count). The zero-order valence-electron chi connectivity index (χ0n) is 11.7. The molecule has 1 fully saturated rings. The first-order valence-corrected chi connectivity index (χ1v) is 7.90. The Labute approximate surface area is 127 Å². The summed E-state index contributed by atoms with van der Waals surface area (Å²) in [5.41, 5.74) is 0.795. The van der Waals surface area contributed by atoms with Gasteiger partial charge >= 0.3 is 0 Å². The molecule has 5 heteroatoms. The summed E-state index contributed by atoms with van der Waals surface area (Å²) in [5, 5.41) is 1.89. The first-order valence-electron chi connectivity index (χ1n) is 6.78. The third-order valence-corrected chi connectivity index (χ3v) is 4.13. The second-order valence-electron chi connectivity index (χ2n) is 5.76. The number of anilines is 1. The molecule has 20 heavy (non-hydrogen) atoms. The molecule has 1 atom stereocenters. The fourth-order valence-corrected chi connectivity index (χ4v) is 2.98. The van der Waals surface area contributed by atoms with Crippen LogP contribution in [-0.4, -0.2) is 40.1 Å². The summed E-state index contributed by atoms with van der Waals surface area (Å²) >= 11 is 3.51. The fourth-order valence-electron chi connectivity index (χ4n) is 2.64. The highest BCUT2D eigenvalue weighted by molar-refractivity contribution is 9.09. The van der Waals surface area contributed by atoms with Crippen molar-refractivity contribution in [2.24, 2.45) is 0 Å². The molecule has 0 aliphatic carbocycles. The minimum Gasteiger partial charge on any atom is -0.368 e. The Bertz CT molecular complexity index is 617. The lowest BCUT2D eigenvalue weighted by Crippen LogP contribution is -2.53. The fraction of sp³-hybridized carbons (Fsp3) is 0.467. The van der Waals surface area contributed by atoms with Crippen molar-refractivity contribution in [1.82, 2.24) is 9.97 Å². The van der Waals surface area contributed by atoms with E-state index >= 15 is 0 Å². The van der Waals surface area contributed by atoms with Crippen LogP contribution in [0.4, 0.5) is 5.95 Å². The Hall–Kier alpha value is -1.20. The summed E-state index contributed by atoms with van der Waals surface area (Å²) < 4.78 is 6.02. The van der Waals surface area contributed by atoms with E-state index < -0.39 is 0 Å². The smallest absolute Gasteiger partial charge is 0.226 e. The molecule has 1 saturated heterocycles. The monoisotopic (exact) mass is 335 g/mol. The highest BCUT2D eigenvalue weighted by atomic mass is 79.9. The molecular weight excluding hydrogens is 318 g/mol. The Morgan fingerprint density at radius 1 is 1.40 bits per heavy atom. The number of morpholine rings is 1. The zero-order valence-corrected chi connectivity index (χ0v) is 13.3. The van der Waals surface area contributed by atoms with Gasteiger partial charge in [0.1, 0.15) is 0 Å². The van der Waals surface area contributed by atoms with Crippen molar-refractivity contribution < 1.29 is 4.74 Å². The number of hydrogen-bond donors (Lipinski definition) is 0. The van der Waals surface area contributed by atoms with Gasteiger partial charge in [-0.05, 0) is 19.9 Å². The van der Waals surface area contributed by atoms with E-state index in [2.05, 4.69) is 44.6 Å². The van der Waals surface area contributed by atoms with Crippen molar-refractivity contribution in [2.45, 2.75) is 25.6 Å². The van der Waals surface area contributed by atoms with Gasteiger partial charge in [-0.25, -0.2) is 9.97 Å². The van der Waals surface area contributed by atoms with Crippen molar-refractivity contribution in [3.05, 3.63) is 30.5 Å². The first kappa shape index (κ1) is 13.8. The van der Waals surface area contributed by atoms with Crippen molar-refractivity contribution in [3.8, 4) is 0 Å². The largest absolute Gasteiger partial charge is 0.368 e. The molecule has 106 valence electrons. The summed E-state index contributed by atoms with van der Waals surface area (Å²) in [7, 11) is 0. The molecule has 1 aromatic heterocycles. The van der Waals surface area contributed by atoms with Gasteiger partial charge < -0.3 is 9.64 Å². The average Bonchev–Trinajstić information content (AvgIpc) is 2.45. The molecule has 0 saturated carbocycles. The van der Waals surface area contributed by atoms with E-state index in [9.17, 15) is 0 Å². The standard InChI is InChI=1S/C15H18BrN3O/c1-15(2)10-19(9-12(7-16)20-15)14-17-8-11-5-3-4-6-13(11)18-14/h3-6,8,12H,7,9-10H2,1-2H3. The van der Waals surface area contributed by atoms with Crippen LogP contribution >= 0.6 is 15.9 Å². The molecule has 1 unspecified atom stereocenters. The maximum Gasteiger partial charge on any atom is 0.226 e. The van der Waals surface area contributed by atoms with E-state index in [1.165, 1.54) is 0 Å². The first-order chi connectivity index (χ1) is 9.57. The summed E-state index contributed by atoms with van der Waals surface area (Å²) in [5.74, 6) is 0.783. The van der Waals surface area contributed by atoms with E-state index in [-0.39, 0.29) is 11.7 Å². The summed E-state index contributed by atoms with van der Waals surface area (Å²) in [6, 6.07) is 8.06. The van der Waals surface area contributed by atoms with Crippen LogP contribution in [0.5, 0.6) is 0 Å². The highest BCUT2D eigenvalue weighted by Gasteiger charge is 2.34. The normalized spacial score (nSPS) is 22.1. The van der Waals surface area contributed by atoms with E-state index in [1.54, 1.807) is 0 Å². The number of para-hydroxylation sites is 1. The Morgan fingerprint density at radius 2 is 2.20 bits per heavy atom. The number of fused-ring (bicyclic) bond motifs is 1. The average molecular weight is 336 g/mol. The molecule has 1 aromatic carbocycles. The number of nitrogens with zero attached hydrogens (tertiary/aromatic N) is 3. The minimum atomic E-state index is -0.189. The van der Waals surface area contributed by atoms with Gasteiger partial charge in [-0.3, -0.25) is 0 Å². The van der Waals surface area contributed by atoms with E-state index in [0.29, 0.717) is 0 Å². The van der Waals surface area contributed by atoms with Crippen molar-refractivity contribution in [3.63, 3.8) is 0 Å². The van der Waals surface area contributed by atoms with Crippen molar-refractivity contribution in [2.75, 3.05) is 23.3 Å². The van der Waals surface area contributed by atoms with Crippen LogP contribution in [0.15, 0.2) is 30.5 Å². The number of halogens is 1. The topological polar surface area (TPSA) is 38.2 Å². The van der Waals surface area contributed by atoms with Crippen LogP contribution in [0, 0.1) is 0 Å². The van der Waals surface area contributed by atoms with E-state index in [1.807, 2.05) is 30.5 Å². The predicted octanol–water partition coefficient (Wildman–Crippen LogP) is 3.01. The molecule has 0 amide bonds. The number of alkyl halides is 1. The summed E-state index contributed by atoms with van der Waals surface area (Å²) in [6.07, 6.45) is 2.05. The van der Waals surface area contributed by atoms with Gasteiger partial charge in [0.05, 0.1) is 17.2 Å². The molecule has 4 nitrogen and oxygen atoms in total. The lowest BCUT2D eigenvalue weighted by atomic mass is 10.1. The van der Waals surface area contributed by atoms with Crippen LogP contribution in [0.25, 0.3) is 10.9 Å². The zero-order chi connectivity index (χ0) is 14.2. The van der Waals surface area contributed by atoms with Gasteiger partial charge in [-0.2, -0.15) is 0 Å². The molecule has 1 aliphatic heterocycles. The Balaban J connectivity index is 1.93. The van der Waals surface area contributed by atoms with Crippen molar-refractivity contribution in [1.29, 1.82) is 0 Å². The van der Waals surface area contributed by atoms with Crippen LogP contribution in [0.2, 0.25) is 0 Å². The molecule has 2 aromatic rings. The lowest BCUT2D eigenvalue weighted by molar-refractivity contribution is -0.0727. The third-order valence-electron chi connectivity index (χ3n) is 3.41. The van der Waals surface area contributed by atoms with Crippen LogP contribution in [-0.2, 0) is 4.74 Å². The molecule has 1 aliphatic rings. The van der Waals surface area contributed by atoms with Gasteiger partial charge in [0, 0.05) is 30.0 Å². The number of aromatic nitrogens is 2. The number of ether oxygens (including phenoxy) is 1. The van der Waals surface area contributed by atoms with Crippen molar-refractivity contribution >= 4 is 32.8 Å². The van der Waals surface area contributed by atoms with Gasteiger partial charge in [-0.1, -0.05) is 34.1 Å². The quantitative estimate of drug-likeness (QED) is 0.791. The van der Waals surface area contributed by atoms with Crippen LogP contribution < -0.4 is 4.90 Å².